The Hall–Kier alpha value is -2.48. The molecule has 108 valence electrons. The highest BCUT2D eigenvalue weighted by molar-refractivity contribution is 9.10. The number of benzene rings is 2. The molecule has 0 fully saturated rings. The van der Waals surface area contributed by atoms with Gasteiger partial charge < -0.3 is 10.4 Å². The van der Waals surface area contributed by atoms with E-state index in [9.17, 15) is 24.4 Å². The predicted molar refractivity (Wildman–Crippen MR) is 76.8 cm³/mol. The van der Waals surface area contributed by atoms with Crippen molar-refractivity contribution in [3.63, 3.8) is 0 Å². The Bertz CT molecular complexity index is 736. The molecule has 1 amide bonds. The van der Waals surface area contributed by atoms with Gasteiger partial charge in [0.1, 0.15) is 11.6 Å². The zero-order chi connectivity index (χ0) is 15.6. The molecule has 6 nitrogen and oxygen atoms in total. The minimum Gasteiger partial charge on any atom is -0.506 e. The summed E-state index contributed by atoms with van der Waals surface area (Å²) in [6.45, 7) is 0. The number of non-ortho nitro benzene ring substituents is 1. The molecule has 0 aromatic heterocycles. The van der Waals surface area contributed by atoms with Crippen molar-refractivity contribution in [1.29, 1.82) is 0 Å². The van der Waals surface area contributed by atoms with Crippen molar-refractivity contribution in [3.05, 3.63) is 62.4 Å². The van der Waals surface area contributed by atoms with Crippen LogP contribution in [-0.4, -0.2) is 15.9 Å². The van der Waals surface area contributed by atoms with Crippen LogP contribution in [0.1, 0.15) is 10.4 Å². The summed E-state index contributed by atoms with van der Waals surface area (Å²) in [5.41, 5.74) is -0.243. The Morgan fingerprint density at radius 2 is 2.00 bits per heavy atom. The zero-order valence-electron chi connectivity index (χ0n) is 10.3. The molecule has 21 heavy (non-hydrogen) atoms. The number of nitro benzene ring substituents is 1. The van der Waals surface area contributed by atoms with Crippen LogP contribution in [0.2, 0.25) is 0 Å². The molecule has 0 saturated carbocycles. The lowest BCUT2D eigenvalue weighted by Crippen LogP contribution is -2.12. The number of phenolic OH excluding ortho intramolecular Hbond substituents is 1. The van der Waals surface area contributed by atoms with Crippen LogP contribution in [0.15, 0.2) is 40.9 Å². The van der Waals surface area contributed by atoms with Gasteiger partial charge in [-0.25, -0.2) is 4.39 Å². The quantitative estimate of drug-likeness (QED) is 0.501. The van der Waals surface area contributed by atoms with Crippen LogP contribution in [0.3, 0.4) is 0 Å². The lowest BCUT2D eigenvalue weighted by atomic mass is 10.2. The van der Waals surface area contributed by atoms with Gasteiger partial charge in [-0.3, -0.25) is 14.9 Å². The molecule has 0 bridgehead atoms. The van der Waals surface area contributed by atoms with E-state index >= 15 is 0 Å². The first-order valence-corrected chi connectivity index (χ1v) is 6.41. The van der Waals surface area contributed by atoms with Gasteiger partial charge in [-0.1, -0.05) is 0 Å². The highest BCUT2D eigenvalue weighted by atomic mass is 79.9. The normalized spacial score (nSPS) is 10.2. The molecular weight excluding hydrogens is 347 g/mol. The summed E-state index contributed by atoms with van der Waals surface area (Å²) in [5, 5.41) is 22.6. The van der Waals surface area contributed by atoms with Crippen molar-refractivity contribution in [3.8, 4) is 5.75 Å². The standard InChI is InChI=1S/C13H8BrFN2O4/c14-9-5-7(1-3-10(9)15)13(19)16-11-6-8(17(20)21)2-4-12(11)18/h1-6,18H,(H,16,19). The van der Waals surface area contributed by atoms with E-state index < -0.39 is 16.6 Å². The third-order valence-corrected chi connectivity index (χ3v) is 3.23. The summed E-state index contributed by atoms with van der Waals surface area (Å²) in [6.07, 6.45) is 0. The number of amides is 1. The van der Waals surface area contributed by atoms with Crippen molar-refractivity contribution in [2.75, 3.05) is 5.32 Å². The largest absolute Gasteiger partial charge is 0.506 e. The van der Waals surface area contributed by atoms with E-state index in [0.29, 0.717) is 0 Å². The molecule has 2 N–H and O–H groups in total. The van der Waals surface area contributed by atoms with Gasteiger partial charge in [-0.2, -0.15) is 0 Å². The molecule has 2 aromatic carbocycles. The molecule has 0 radical (unpaired) electrons. The first-order valence-electron chi connectivity index (χ1n) is 5.62. The third-order valence-electron chi connectivity index (χ3n) is 2.62. The summed E-state index contributed by atoms with van der Waals surface area (Å²) >= 11 is 2.95. The molecular formula is C13H8BrFN2O4. The average Bonchev–Trinajstić information content (AvgIpc) is 2.43. The van der Waals surface area contributed by atoms with E-state index in [-0.39, 0.29) is 27.2 Å². The van der Waals surface area contributed by atoms with Crippen LogP contribution in [0.5, 0.6) is 5.75 Å². The number of carbonyl (C=O) groups is 1. The predicted octanol–water partition coefficient (Wildman–Crippen LogP) is 3.45. The lowest BCUT2D eigenvalue weighted by Gasteiger charge is -2.07. The molecule has 0 heterocycles. The minimum atomic E-state index is -0.649. The number of rotatable bonds is 3. The Labute approximate surface area is 126 Å². The summed E-state index contributed by atoms with van der Waals surface area (Å²) in [4.78, 5) is 22.0. The summed E-state index contributed by atoms with van der Waals surface area (Å²) in [7, 11) is 0. The molecule has 2 aromatic rings. The van der Waals surface area contributed by atoms with E-state index in [1.165, 1.54) is 12.1 Å². The minimum absolute atomic E-state index is 0.102. The second-order valence-corrected chi connectivity index (χ2v) is 4.90. The van der Waals surface area contributed by atoms with Crippen LogP contribution < -0.4 is 5.32 Å². The Kier molecular flexibility index (Phi) is 4.18. The van der Waals surface area contributed by atoms with Crippen LogP contribution >= 0.6 is 15.9 Å². The average molecular weight is 355 g/mol. The molecule has 0 spiro atoms. The molecule has 0 aliphatic rings. The van der Waals surface area contributed by atoms with Gasteiger partial charge in [0.25, 0.3) is 11.6 Å². The monoisotopic (exact) mass is 354 g/mol. The van der Waals surface area contributed by atoms with Gasteiger partial charge in [0, 0.05) is 17.7 Å². The second-order valence-electron chi connectivity index (χ2n) is 4.04. The molecule has 8 heteroatoms. The number of nitrogens with one attached hydrogen (secondary N) is 1. The maximum absolute atomic E-state index is 13.1. The van der Waals surface area contributed by atoms with Crippen LogP contribution in [0.25, 0.3) is 0 Å². The van der Waals surface area contributed by atoms with E-state index in [4.69, 9.17) is 0 Å². The van der Waals surface area contributed by atoms with Gasteiger partial charge in [-0.15, -0.1) is 0 Å². The maximum atomic E-state index is 13.1. The SMILES string of the molecule is O=C(Nc1cc([N+](=O)[O-])ccc1O)c1ccc(F)c(Br)c1. The van der Waals surface area contributed by atoms with Gasteiger partial charge in [0.15, 0.2) is 0 Å². The fraction of sp³-hybridized carbons (Fsp3) is 0. The molecule has 0 aliphatic heterocycles. The van der Waals surface area contributed by atoms with E-state index in [2.05, 4.69) is 21.2 Å². The van der Waals surface area contributed by atoms with Crippen molar-refractivity contribution in [2.24, 2.45) is 0 Å². The highest BCUT2D eigenvalue weighted by Gasteiger charge is 2.14. The Morgan fingerprint density at radius 3 is 2.62 bits per heavy atom. The Morgan fingerprint density at radius 1 is 1.29 bits per heavy atom. The summed E-state index contributed by atoms with van der Waals surface area (Å²) in [5.74, 6) is -1.47. The lowest BCUT2D eigenvalue weighted by molar-refractivity contribution is -0.384. The number of aromatic hydroxyl groups is 1. The topological polar surface area (TPSA) is 92.5 Å². The fourth-order valence-corrected chi connectivity index (χ4v) is 1.95. The Balaban J connectivity index is 2.28. The molecule has 2 rings (SSSR count). The number of hydrogen-bond acceptors (Lipinski definition) is 4. The number of nitro groups is 1. The summed E-state index contributed by atoms with van der Waals surface area (Å²) in [6, 6.07) is 6.87. The van der Waals surface area contributed by atoms with Gasteiger partial charge in [0.05, 0.1) is 15.1 Å². The van der Waals surface area contributed by atoms with E-state index in [0.717, 1.165) is 24.3 Å². The summed E-state index contributed by atoms with van der Waals surface area (Å²) < 4.78 is 13.2. The van der Waals surface area contributed by atoms with Gasteiger partial charge in [-0.05, 0) is 40.2 Å². The number of anilines is 1. The van der Waals surface area contributed by atoms with Gasteiger partial charge in [0.2, 0.25) is 0 Å². The number of phenols is 1. The van der Waals surface area contributed by atoms with Crippen LogP contribution in [0, 0.1) is 15.9 Å². The van der Waals surface area contributed by atoms with Crippen molar-refractivity contribution >= 4 is 33.2 Å². The van der Waals surface area contributed by atoms with Gasteiger partial charge >= 0.3 is 0 Å². The van der Waals surface area contributed by atoms with Crippen molar-refractivity contribution in [2.45, 2.75) is 0 Å². The first kappa shape index (κ1) is 14.9. The van der Waals surface area contributed by atoms with Crippen LogP contribution in [0.4, 0.5) is 15.8 Å². The number of nitrogens with zero attached hydrogens (tertiary/aromatic N) is 1. The number of halogens is 2. The van der Waals surface area contributed by atoms with Crippen molar-refractivity contribution < 1.29 is 19.2 Å². The van der Waals surface area contributed by atoms with E-state index in [1.54, 1.807) is 0 Å². The zero-order valence-corrected chi connectivity index (χ0v) is 11.9. The number of hydrogen-bond donors (Lipinski definition) is 2. The first-order chi connectivity index (χ1) is 9.88. The number of carbonyl (C=O) groups excluding carboxylic acids is 1. The second kappa shape index (κ2) is 5.88. The van der Waals surface area contributed by atoms with Crippen LogP contribution in [-0.2, 0) is 0 Å². The molecule has 0 atom stereocenters. The molecule has 0 unspecified atom stereocenters. The fourth-order valence-electron chi connectivity index (χ4n) is 1.57. The maximum Gasteiger partial charge on any atom is 0.271 e. The molecule has 0 aliphatic carbocycles. The smallest absolute Gasteiger partial charge is 0.271 e. The third kappa shape index (κ3) is 3.34. The van der Waals surface area contributed by atoms with E-state index in [1.807, 2.05) is 0 Å². The highest BCUT2D eigenvalue weighted by Crippen LogP contribution is 2.28. The van der Waals surface area contributed by atoms with Crippen molar-refractivity contribution in [1.82, 2.24) is 0 Å². The molecule has 0 saturated heterocycles.